The van der Waals surface area contributed by atoms with Crippen LogP contribution in [0.2, 0.25) is 0 Å². The van der Waals surface area contributed by atoms with Gasteiger partial charge >= 0.3 is 0 Å². The minimum atomic E-state index is -0.936. The van der Waals surface area contributed by atoms with Crippen molar-refractivity contribution in [3.63, 3.8) is 0 Å². The first-order valence-electron chi connectivity index (χ1n) is 5.92. The van der Waals surface area contributed by atoms with Crippen LogP contribution in [0.15, 0.2) is 24.3 Å². The van der Waals surface area contributed by atoms with E-state index in [0.29, 0.717) is 5.69 Å². The highest BCUT2D eigenvalue weighted by atomic mass is 16.2. The summed E-state index contributed by atoms with van der Waals surface area (Å²) in [6.07, 6.45) is -0.149. The van der Waals surface area contributed by atoms with E-state index < -0.39 is 11.8 Å². The van der Waals surface area contributed by atoms with Crippen molar-refractivity contribution >= 4 is 23.4 Å². The lowest BCUT2D eigenvalue weighted by Crippen LogP contribution is -2.31. The number of aryl methyl sites for hydroxylation is 1. The summed E-state index contributed by atoms with van der Waals surface area (Å²) in [7, 11) is 1.46. The van der Waals surface area contributed by atoms with E-state index in [0.717, 1.165) is 10.6 Å². The van der Waals surface area contributed by atoms with E-state index in [9.17, 15) is 14.4 Å². The maximum atomic E-state index is 11.9. The van der Waals surface area contributed by atoms with E-state index in [2.05, 4.69) is 10.7 Å². The molecule has 0 spiro atoms. The Kier molecular flexibility index (Phi) is 3.50. The van der Waals surface area contributed by atoms with Gasteiger partial charge in [-0.1, -0.05) is 18.2 Å². The number of anilines is 1. The number of para-hydroxylation sites is 1. The van der Waals surface area contributed by atoms with Gasteiger partial charge in [-0.25, -0.2) is 0 Å². The zero-order valence-corrected chi connectivity index (χ0v) is 10.8. The molecule has 2 rings (SSSR count). The predicted molar refractivity (Wildman–Crippen MR) is 68.8 cm³/mol. The summed E-state index contributed by atoms with van der Waals surface area (Å²) in [5.41, 5.74) is 3.97. The Balaban J connectivity index is 2.01. The van der Waals surface area contributed by atoms with Gasteiger partial charge in [-0.2, -0.15) is 0 Å². The lowest BCUT2D eigenvalue weighted by Gasteiger charge is -2.09. The molecule has 1 aromatic carbocycles. The highest BCUT2D eigenvalue weighted by Gasteiger charge is 2.38. The Morgan fingerprint density at radius 1 is 1.37 bits per heavy atom. The minimum absolute atomic E-state index is 0.149. The number of hydrazine groups is 1. The lowest BCUT2D eigenvalue weighted by atomic mass is 10.0. The van der Waals surface area contributed by atoms with Crippen molar-refractivity contribution in [2.75, 3.05) is 12.4 Å². The fourth-order valence-electron chi connectivity index (χ4n) is 1.92. The summed E-state index contributed by atoms with van der Waals surface area (Å²) in [6, 6.07) is 7.32. The van der Waals surface area contributed by atoms with E-state index in [4.69, 9.17) is 0 Å². The fraction of sp³-hybridized carbons (Fsp3) is 0.308. The van der Waals surface area contributed by atoms with Crippen LogP contribution in [-0.4, -0.2) is 29.8 Å². The van der Waals surface area contributed by atoms with Crippen molar-refractivity contribution in [3.05, 3.63) is 29.8 Å². The zero-order chi connectivity index (χ0) is 14.0. The van der Waals surface area contributed by atoms with Gasteiger partial charge < -0.3 is 5.32 Å². The van der Waals surface area contributed by atoms with Crippen LogP contribution in [0.1, 0.15) is 12.0 Å². The molecule has 6 heteroatoms. The third-order valence-corrected chi connectivity index (χ3v) is 3.03. The Hall–Kier alpha value is -2.37. The largest absolute Gasteiger partial charge is 0.326 e. The van der Waals surface area contributed by atoms with Gasteiger partial charge in [-0.3, -0.25) is 24.8 Å². The van der Waals surface area contributed by atoms with E-state index in [1.807, 2.05) is 25.1 Å². The average molecular weight is 261 g/mol. The van der Waals surface area contributed by atoms with E-state index >= 15 is 0 Å². The summed E-state index contributed by atoms with van der Waals surface area (Å²) in [5.74, 6) is -2.11. The molecule has 19 heavy (non-hydrogen) atoms. The first-order valence-corrected chi connectivity index (χ1v) is 5.92. The van der Waals surface area contributed by atoms with Crippen LogP contribution < -0.4 is 10.7 Å². The minimum Gasteiger partial charge on any atom is -0.326 e. The van der Waals surface area contributed by atoms with Crippen LogP contribution in [0, 0.1) is 12.8 Å². The molecule has 0 aliphatic carbocycles. The monoisotopic (exact) mass is 261 g/mol. The SMILES string of the molecule is Cc1ccccc1NC(=O)CC1C(=O)NN(C)C1=O. The van der Waals surface area contributed by atoms with Crippen LogP contribution >= 0.6 is 0 Å². The summed E-state index contributed by atoms with van der Waals surface area (Å²) in [5, 5.41) is 3.81. The van der Waals surface area contributed by atoms with Gasteiger partial charge in [0.1, 0.15) is 5.92 Å². The van der Waals surface area contributed by atoms with E-state index in [-0.39, 0.29) is 18.2 Å². The molecule has 1 saturated heterocycles. The van der Waals surface area contributed by atoms with Crippen molar-refractivity contribution in [3.8, 4) is 0 Å². The van der Waals surface area contributed by atoms with Gasteiger partial charge in [0, 0.05) is 19.2 Å². The highest BCUT2D eigenvalue weighted by molar-refractivity contribution is 6.08. The molecule has 2 N–H and O–H groups in total. The molecule has 1 fully saturated rings. The molecular formula is C13H15N3O3. The molecule has 1 aliphatic heterocycles. The van der Waals surface area contributed by atoms with Gasteiger partial charge in [0.2, 0.25) is 5.91 Å². The van der Waals surface area contributed by atoms with Crippen LogP contribution in [-0.2, 0) is 14.4 Å². The Morgan fingerprint density at radius 3 is 2.63 bits per heavy atom. The third-order valence-electron chi connectivity index (χ3n) is 3.03. The standard InChI is InChI=1S/C13H15N3O3/c1-8-5-3-4-6-10(8)14-11(17)7-9-12(18)15-16(2)13(9)19/h3-6,9H,7H2,1-2H3,(H,14,17)(H,15,18). The van der Waals surface area contributed by atoms with Crippen molar-refractivity contribution in [1.29, 1.82) is 0 Å². The second-order valence-corrected chi connectivity index (χ2v) is 4.49. The van der Waals surface area contributed by atoms with Gasteiger partial charge in [0.05, 0.1) is 0 Å². The number of hydrogen-bond donors (Lipinski definition) is 2. The van der Waals surface area contributed by atoms with Gasteiger partial charge in [0.25, 0.3) is 11.8 Å². The van der Waals surface area contributed by atoms with Crippen molar-refractivity contribution < 1.29 is 14.4 Å². The molecular weight excluding hydrogens is 246 g/mol. The maximum absolute atomic E-state index is 11.9. The maximum Gasteiger partial charge on any atom is 0.253 e. The number of carbonyl (C=O) groups is 3. The summed E-state index contributed by atoms with van der Waals surface area (Å²) >= 11 is 0. The molecule has 0 saturated carbocycles. The molecule has 6 nitrogen and oxygen atoms in total. The highest BCUT2D eigenvalue weighted by Crippen LogP contribution is 2.17. The van der Waals surface area contributed by atoms with Gasteiger partial charge in [-0.15, -0.1) is 0 Å². The molecule has 1 atom stereocenters. The van der Waals surface area contributed by atoms with Crippen LogP contribution in [0.25, 0.3) is 0 Å². The number of carbonyl (C=O) groups excluding carboxylic acids is 3. The Labute approximate surface area is 110 Å². The number of rotatable bonds is 3. The quantitative estimate of drug-likeness (QED) is 0.775. The molecule has 3 amide bonds. The van der Waals surface area contributed by atoms with E-state index in [1.165, 1.54) is 7.05 Å². The summed E-state index contributed by atoms with van der Waals surface area (Å²) in [4.78, 5) is 35.0. The molecule has 1 aliphatic rings. The van der Waals surface area contributed by atoms with E-state index in [1.54, 1.807) is 6.07 Å². The average Bonchev–Trinajstić information content (AvgIpc) is 2.59. The fourth-order valence-corrected chi connectivity index (χ4v) is 1.92. The lowest BCUT2D eigenvalue weighted by molar-refractivity contribution is -0.134. The summed E-state index contributed by atoms with van der Waals surface area (Å²) in [6.45, 7) is 1.87. The molecule has 100 valence electrons. The first-order chi connectivity index (χ1) is 8.99. The first kappa shape index (κ1) is 13.1. The molecule has 0 aromatic heterocycles. The molecule has 1 heterocycles. The Bertz CT molecular complexity index is 542. The van der Waals surface area contributed by atoms with Gasteiger partial charge in [0.15, 0.2) is 0 Å². The van der Waals surface area contributed by atoms with Crippen molar-refractivity contribution in [2.24, 2.45) is 5.92 Å². The van der Waals surface area contributed by atoms with Crippen LogP contribution in [0.3, 0.4) is 0 Å². The topological polar surface area (TPSA) is 78.5 Å². The number of nitrogens with one attached hydrogen (secondary N) is 2. The number of nitrogens with zero attached hydrogens (tertiary/aromatic N) is 1. The normalized spacial score (nSPS) is 18.4. The molecule has 0 radical (unpaired) electrons. The van der Waals surface area contributed by atoms with Crippen LogP contribution in [0.4, 0.5) is 5.69 Å². The number of amides is 3. The van der Waals surface area contributed by atoms with Crippen LogP contribution in [0.5, 0.6) is 0 Å². The Morgan fingerprint density at radius 2 is 2.05 bits per heavy atom. The number of benzene rings is 1. The zero-order valence-electron chi connectivity index (χ0n) is 10.8. The smallest absolute Gasteiger partial charge is 0.253 e. The second kappa shape index (κ2) is 5.09. The predicted octanol–water partition coefficient (Wildman–Crippen LogP) is 0.443. The summed E-state index contributed by atoms with van der Waals surface area (Å²) < 4.78 is 0. The molecule has 1 unspecified atom stereocenters. The molecule has 1 aromatic rings. The number of hydrogen-bond acceptors (Lipinski definition) is 3. The van der Waals surface area contributed by atoms with Gasteiger partial charge in [-0.05, 0) is 18.6 Å². The second-order valence-electron chi connectivity index (χ2n) is 4.49. The van der Waals surface area contributed by atoms with Crippen molar-refractivity contribution in [2.45, 2.75) is 13.3 Å². The van der Waals surface area contributed by atoms with Crippen molar-refractivity contribution in [1.82, 2.24) is 10.4 Å². The molecule has 0 bridgehead atoms. The third kappa shape index (κ3) is 2.73.